The minimum Gasteiger partial charge on any atom is -0.467 e. The van der Waals surface area contributed by atoms with Gasteiger partial charge in [-0.2, -0.15) is 4.98 Å². The van der Waals surface area contributed by atoms with Crippen LogP contribution in [-0.2, 0) is 13.0 Å². The third-order valence-electron chi connectivity index (χ3n) is 3.77. The Morgan fingerprint density at radius 2 is 2.20 bits per heavy atom. The summed E-state index contributed by atoms with van der Waals surface area (Å²) in [5.74, 6) is 0.100. The van der Waals surface area contributed by atoms with Crippen molar-refractivity contribution in [2.24, 2.45) is 5.73 Å². The molecule has 3 N–H and O–H groups in total. The Morgan fingerprint density at radius 3 is 2.84 bits per heavy atom. The first-order valence-electron chi connectivity index (χ1n) is 7.46. The van der Waals surface area contributed by atoms with Crippen LogP contribution in [0.5, 0.6) is 0 Å². The summed E-state index contributed by atoms with van der Waals surface area (Å²) in [5, 5.41) is 6.71. The van der Waals surface area contributed by atoms with Crippen molar-refractivity contribution in [2.75, 3.05) is 5.32 Å². The van der Waals surface area contributed by atoms with Gasteiger partial charge in [0.25, 0.3) is 0 Å². The summed E-state index contributed by atoms with van der Waals surface area (Å²) < 4.78 is 34.6. The van der Waals surface area contributed by atoms with Gasteiger partial charge >= 0.3 is 0 Å². The smallest absolute Gasteiger partial charge is 0.243 e. The van der Waals surface area contributed by atoms with Gasteiger partial charge in [-0.3, -0.25) is 0 Å². The van der Waals surface area contributed by atoms with Crippen molar-refractivity contribution >= 4 is 34.5 Å². The van der Waals surface area contributed by atoms with Crippen LogP contribution in [0.15, 0.2) is 22.8 Å². The molecule has 6 nitrogen and oxygen atoms in total. The third-order valence-corrected chi connectivity index (χ3v) is 4.32. The van der Waals surface area contributed by atoms with E-state index in [1.807, 2.05) is 0 Å². The van der Waals surface area contributed by atoms with E-state index in [0.717, 1.165) is 4.52 Å². The van der Waals surface area contributed by atoms with E-state index in [-0.39, 0.29) is 40.3 Å². The Bertz CT molecular complexity index is 882. The molecule has 0 radical (unpaired) electrons. The fourth-order valence-electron chi connectivity index (χ4n) is 2.38. The SMILES string of the molecule is C[C@H](F)[C@H](N)Cc1c(F)c2c(NCc3ccco3)nc(Cl)nn2c1Cl. The predicted molar refractivity (Wildman–Crippen MR) is 91.2 cm³/mol. The predicted octanol–water partition coefficient (Wildman–Crippen LogP) is 3.61. The number of nitrogens with zero attached hydrogens (tertiary/aromatic N) is 3. The molecule has 0 fully saturated rings. The second kappa shape index (κ2) is 7.15. The van der Waals surface area contributed by atoms with Gasteiger partial charge in [0.1, 0.15) is 22.6 Å². The molecule has 0 saturated carbocycles. The normalized spacial score (nSPS) is 14.0. The van der Waals surface area contributed by atoms with Crippen LogP contribution in [-0.4, -0.2) is 26.8 Å². The van der Waals surface area contributed by atoms with Crippen LogP contribution in [0.4, 0.5) is 14.6 Å². The quantitative estimate of drug-likeness (QED) is 0.672. The molecule has 3 aromatic heterocycles. The summed E-state index contributed by atoms with van der Waals surface area (Å²) in [4.78, 5) is 4.01. The maximum absolute atomic E-state index is 14.9. The van der Waals surface area contributed by atoms with Crippen molar-refractivity contribution in [3.05, 3.63) is 46.0 Å². The highest BCUT2D eigenvalue weighted by Crippen LogP contribution is 2.31. The Balaban J connectivity index is 2.02. The molecule has 0 aliphatic rings. The van der Waals surface area contributed by atoms with Crippen LogP contribution in [0.1, 0.15) is 18.2 Å². The van der Waals surface area contributed by atoms with E-state index in [0.29, 0.717) is 5.76 Å². The molecule has 0 spiro atoms. The van der Waals surface area contributed by atoms with Gasteiger partial charge in [0.15, 0.2) is 11.6 Å². The van der Waals surface area contributed by atoms with E-state index < -0.39 is 18.0 Å². The maximum atomic E-state index is 14.9. The molecular formula is C15H15Cl2F2N5O. The van der Waals surface area contributed by atoms with Gasteiger partial charge in [-0.1, -0.05) is 11.6 Å². The van der Waals surface area contributed by atoms with Crippen molar-refractivity contribution in [3.63, 3.8) is 0 Å². The number of nitrogens with one attached hydrogen (secondary N) is 1. The molecule has 0 aliphatic carbocycles. The van der Waals surface area contributed by atoms with Crippen molar-refractivity contribution in [1.82, 2.24) is 14.6 Å². The monoisotopic (exact) mass is 389 g/mol. The van der Waals surface area contributed by atoms with Gasteiger partial charge in [0.2, 0.25) is 5.28 Å². The third kappa shape index (κ3) is 3.56. The standard InChI is InChI=1S/C15H15Cl2F2N5O/c1-7(18)10(20)5-9-11(19)12-14(21-6-8-3-2-4-25-8)22-15(17)23-24(12)13(9)16/h2-4,7,10H,5-6,20H2,1H3,(H,21,22,23)/t7-,10+/m0/s1. The van der Waals surface area contributed by atoms with Crippen molar-refractivity contribution in [1.29, 1.82) is 0 Å². The first kappa shape index (κ1) is 17.9. The lowest BCUT2D eigenvalue weighted by Crippen LogP contribution is -2.32. The van der Waals surface area contributed by atoms with Gasteiger partial charge in [-0.15, -0.1) is 5.10 Å². The summed E-state index contributed by atoms with van der Waals surface area (Å²) >= 11 is 12.1. The molecule has 0 aliphatic heterocycles. The van der Waals surface area contributed by atoms with E-state index in [4.69, 9.17) is 33.4 Å². The van der Waals surface area contributed by atoms with Crippen LogP contribution in [0, 0.1) is 5.82 Å². The Labute approximate surface area is 151 Å². The summed E-state index contributed by atoms with van der Waals surface area (Å²) in [6.07, 6.45) is 0.122. The molecule has 0 aromatic carbocycles. The number of anilines is 1. The largest absolute Gasteiger partial charge is 0.467 e. The fourth-order valence-corrected chi connectivity index (χ4v) is 2.82. The molecule has 3 heterocycles. The van der Waals surface area contributed by atoms with Crippen LogP contribution < -0.4 is 11.1 Å². The summed E-state index contributed by atoms with van der Waals surface area (Å²) in [7, 11) is 0. The lowest BCUT2D eigenvalue weighted by molar-refractivity contribution is 0.303. The zero-order chi connectivity index (χ0) is 18.1. The molecule has 134 valence electrons. The summed E-state index contributed by atoms with van der Waals surface area (Å²) in [5.41, 5.74) is 5.77. The number of alkyl halides is 1. The van der Waals surface area contributed by atoms with E-state index in [1.54, 1.807) is 12.1 Å². The summed E-state index contributed by atoms with van der Waals surface area (Å²) in [6.45, 7) is 1.56. The van der Waals surface area contributed by atoms with Gasteiger partial charge in [-0.25, -0.2) is 13.3 Å². The highest BCUT2D eigenvalue weighted by molar-refractivity contribution is 6.31. The van der Waals surface area contributed by atoms with E-state index >= 15 is 0 Å². The Hall–Kier alpha value is -1.90. The average Bonchev–Trinajstić information content (AvgIpc) is 3.15. The Morgan fingerprint density at radius 1 is 1.44 bits per heavy atom. The second-order valence-electron chi connectivity index (χ2n) is 5.55. The van der Waals surface area contributed by atoms with Gasteiger partial charge in [0, 0.05) is 11.6 Å². The van der Waals surface area contributed by atoms with Crippen molar-refractivity contribution in [2.45, 2.75) is 32.1 Å². The number of furan rings is 1. The number of aromatic nitrogens is 3. The van der Waals surface area contributed by atoms with Gasteiger partial charge in [0.05, 0.1) is 12.8 Å². The van der Waals surface area contributed by atoms with E-state index in [1.165, 1.54) is 13.2 Å². The molecule has 25 heavy (non-hydrogen) atoms. The van der Waals surface area contributed by atoms with Crippen molar-refractivity contribution < 1.29 is 13.2 Å². The molecule has 0 saturated heterocycles. The molecule has 0 amide bonds. The minimum absolute atomic E-state index is 0.00895. The number of nitrogens with two attached hydrogens (primary N) is 1. The minimum atomic E-state index is -1.32. The average molecular weight is 390 g/mol. The molecule has 0 bridgehead atoms. The fraction of sp³-hybridized carbons (Fsp3) is 0.333. The highest BCUT2D eigenvalue weighted by atomic mass is 35.5. The molecule has 10 heteroatoms. The summed E-state index contributed by atoms with van der Waals surface area (Å²) in [6, 6.07) is 2.58. The molecule has 0 unspecified atom stereocenters. The van der Waals surface area contributed by atoms with Crippen LogP contribution in [0.3, 0.4) is 0 Å². The maximum Gasteiger partial charge on any atom is 0.243 e. The number of halogens is 4. The first-order valence-corrected chi connectivity index (χ1v) is 8.22. The molecule has 2 atom stereocenters. The number of hydrogen-bond donors (Lipinski definition) is 2. The van der Waals surface area contributed by atoms with Crippen LogP contribution in [0.25, 0.3) is 5.52 Å². The lowest BCUT2D eigenvalue weighted by Gasteiger charge is -2.11. The van der Waals surface area contributed by atoms with Crippen LogP contribution in [0.2, 0.25) is 10.4 Å². The van der Waals surface area contributed by atoms with Gasteiger partial charge in [-0.05, 0) is 37.1 Å². The second-order valence-corrected chi connectivity index (χ2v) is 6.25. The number of fused-ring (bicyclic) bond motifs is 1. The van der Waals surface area contributed by atoms with Crippen molar-refractivity contribution in [3.8, 4) is 0 Å². The topological polar surface area (TPSA) is 81.4 Å². The highest BCUT2D eigenvalue weighted by Gasteiger charge is 2.25. The van der Waals surface area contributed by atoms with E-state index in [2.05, 4.69) is 15.4 Å². The number of rotatable bonds is 6. The Kier molecular flexibility index (Phi) is 5.12. The molecule has 3 rings (SSSR count). The molecular weight excluding hydrogens is 375 g/mol. The van der Waals surface area contributed by atoms with Gasteiger partial charge < -0.3 is 15.5 Å². The van der Waals surface area contributed by atoms with Crippen LogP contribution >= 0.6 is 23.2 Å². The zero-order valence-corrected chi connectivity index (χ0v) is 14.7. The molecule has 3 aromatic rings. The number of hydrogen-bond acceptors (Lipinski definition) is 5. The lowest BCUT2D eigenvalue weighted by atomic mass is 10.1. The van der Waals surface area contributed by atoms with E-state index in [9.17, 15) is 8.78 Å². The zero-order valence-electron chi connectivity index (χ0n) is 13.1. The first-order chi connectivity index (χ1) is 11.9.